The summed E-state index contributed by atoms with van der Waals surface area (Å²) in [6.45, 7) is 0. The summed E-state index contributed by atoms with van der Waals surface area (Å²) in [5.41, 5.74) is 19.1. The maximum Gasteiger partial charge on any atom is 0.0349 e. The molecule has 0 spiro atoms. The first-order chi connectivity index (χ1) is 37.6. The average Bonchev–Trinajstić information content (AvgIpc) is 4.21. The van der Waals surface area contributed by atoms with Gasteiger partial charge in [0.05, 0.1) is 0 Å². The monoisotopic (exact) mass is 1000 g/mol. The first-order valence-electron chi connectivity index (χ1n) is 25.9. The molecular formula is C74H50S2. The number of rotatable bonds is 12. The molecule has 0 amide bonds. The Morgan fingerprint density at radius 3 is 0.908 bits per heavy atom. The summed E-state index contributed by atoms with van der Waals surface area (Å²) in [5.74, 6) is 0. The molecule has 0 bridgehead atoms. The van der Waals surface area contributed by atoms with Gasteiger partial charge in [0.2, 0.25) is 0 Å². The smallest absolute Gasteiger partial charge is 0.0349 e. The van der Waals surface area contributed by atoms with Crippen LogP contribution in [-0.4, -0.2) is 0 Å². The molecule has 0 aliphatic rings. The molecule has 0 aliphatic heterocycles. The molecule has 2 aromatic heterocycles. The van der Waals surface area contributed by atoms with Gasteiger partial charge in [-0.2, -0.15) is 0 Å². The Labute approximate surface area is 453 Å². The maximum absolute atomic E-state index is 2.45. The molecule has 0 saturated carbocycles. The highest BCUT2D eigenvalue weighted by Crippen LogP contribution is 2.48. The predicted molar refractivity (Wildman–Crippen MR) is 331 cm³/mol. The Kier molecular flexibility index (Phi) is 12.9. The fraction of sp³-hybridized carbons (Fsp3) is 0. The van der Waals surface area contributed by atoms with E-state index in [1.54, 1.807) is 0 Å². The molecule has 2 heteroatoms. The van der Waals surface area contributed by atoms with Gasteiger partial charge >= 0.3 is 0 Å². The molecular weight excluding hydrogens is 953 g/mol. The van der Waals surface area contributed by atoms with Gasteiger partial charge in [-0.3, -0.25) is 0 Å². The highest BCUT2D eigenvalue weighted by Gasteiger charge is 2.20. The van der Waals surface area contributed by atoms with Gasteiger partial charge < -0.3 is 0 Å². The van der Waals surface area contributed by atoms with E-state index < -0.39 is 0 Å². The van der Waals surface area contributed by atoms with Crippen molar-refractivity contribution < 1.29 is 0 Å². The van der Waals surface area contributed by atoms with E-state index in [1.165, 1.54) is 119 Å². The summed E-state index contributed by atoms with van der Waals surface area (Å²) in [6.07, 6.45) is 8.81. The fourth-order valence-electron chi connectivity index (χ4n) is 10.5. The van der Waals surface area contributed by atoms with E-state index in [-0.39, 0.29) is 0 Å². The van der Waals surface area contributed by atoms with Crippen molar-refractivity contribution in [2.75, 3.05) is 0 Å². The number of hydrogen-bond donors (Lipinski definition) is 0. The minimum atomic E-state index is 1.16. The zero-order chi connectivity index (χ0) is 50.6. The number of thiophene rings is 2. The standard InChI is InChI=1S/C74H50S2/c1-5-17-51(18-6-1)33-35-53-21-13-27-57(45-53)59-37-39-65-67(49-59)73(63-31-15-29-61(47-63)71-43-41-69(75-71)55-23-9-3-10-24-55)66-40-38-60(58-28-14-22-54(46-58)36-34-52-19-7-2-8-20-52)50-68(66)74(65)64-32-16-30-62(48-64)72-44-42-70(76-72)56-25-11-4-12-26-56/h1-50H/b35-33+,36-34+. The van der Waals surface area contributed by atoms with E-state index in [4.69, 9.17) is 0 Å². The minimum absolute atomic E-state index is 1.16. The van der Waals surface area contributed by atoms with Crippen LogP contribution in [0.2, 0.25) is 0 Å². The summed E-state index contributed by atoms with van der Waals surface area (Å²) in [7, 11) is 0. The molecule has 13 aromatic rings. The second-order valence-electron chi connectivity index (χ2n) is 19.2. The molecule has 358 valence electrons. The lowest BCUT2D eigenvalue weighted by Gasteiger charge is -2.20. The van der Waals surface area contributed by atoms with Gasteiger partial charge in [0.25, 0.3) is 0 Å². The van der Waals surface area contributed by atoms with E-state index in [0.29, 0.717) is 0 Å². The van der Waals surface area contributed by atoms with Crippen molar-refractivity contribution in [3.63, 3.8) is 0 Å². The quantitative estimate of drug-likeness (QED) is 0.0845. The summed E-state index contributed by atoms with van der Waals surface area (Å²) >= 11 is 3.69. The van der Waals surface area contributed by atoms with Crippen LogP contribution in [0.4, 0.5) is 0 Å². The topological polar surface area (TPSA) is 0 Å². The van der Waals surface area contributed by atoms with Gasteiger partial charge in [0.15, 0.2) is 0 Å². The zero-order valence-electron chi connectivity index (χ0n) is 41.7. The van der Waals surface area contributed by atoms with Crippen LogP contribution in [0.1, 0.15) is 22.3 Å². The summed E-state index contributed by atoms with van der Waals surface area (Å²) < 4.78 is 0. The molecule has 0 fully saturated rings. The third-order valence-electron chi connectivity index (χ3n) is 14.3. The molecule has 0 radical (unpaired) electrons. The first-order valence-corrected chi connectivity index (χ1v) is 27.5. The van der Waals surface area contributed by atoms with Crippen LogP contribution in [-0.2, 0) is 0 Å². The maximum atomic E-state index is 2.45. The first kappa shape index (κ1) is 46.6. The molecule has 0 nitrogen and oxygen atoms in total. The van der Waals surface area contributed by atoms with Crippen molar-refractivity contribution >= 4 is 68.5 Å². The normalized spacial score (nSPS) is 11.6. The Morgan fingerprint density at radius 2 is 0.487 bits per heavy atom. The van der Waals surface area contributed by atoms with Gasteiger partial charge in [0.1, 0.15) is 0 Å². The van der Waals surface area contributed by atoms with Gasteiger partial charge in [-0.1, -0.05) is 243 Å². The van der Waals surface area contributed by atoms with Crippen molar-refractivity contribution in [2.24, 2.45) is 0 Å². The minimum Gasteiger partial charge on any atom is -0.135 e. The van der Waals surface area contributed by atoms with Crippen LogP contribution in [0, 0.1) is 0 Å². The van der Waals surface area contributed by atoms with Crippen LogP contribution in [0.25, 0.3) is 132 Å². The van der Waals surface area contributed by atoms with Crippen molar-refractivity contribution in [3.8, 4) is 86.3 Å². The van der Waals surface area contributed by atoms with Crippen molar-refractivity contribution in [1.29, 1.82) is 0 Å². The second kappa shape index (κ2) is 21.0. The fourth-order valence-corrected chi connectivity index (χ4v) is 12.5. The van der Waals surface area contributed by atoms with E-state index in [0.717, 1.165) is 11.1 Å². The van der Waals surface area contributed by atoms with Crippen LogP contribution >= 0.6 is 22.7 Å². The molecule has 0 unspecified atom stereocenters. The molecule has 0 saturated heterocycles. The average molecular weight is 1000 g/mol. The highest BCUT2D eigenvalue weighted by molar-refractivity contribution is 7.19. The van der Waals surface area contributed by atoms with Crippen LogP contribution in [0.15, 0.2) is 279 Å². The SMILES string of the molecule is C(=C\c1cccc(-c2ccc3c(-c4cccc(-c5ccc(-c6ccccc6)s5)c4)c4cc(-c5cccc(/C=C/c6ccccc6)c5)ccc4c(-c4cccc(-c5ccc(-c6ccccc6)s5)c4)c3c2)c1)/c1ccccc1. The largest absolute Gasteiger partial charge is 0.135 e. The van der Waals surface area contributed by atoms with Crippen LogP contribution < -0.4 is 0 Å². The van der Waals surface area contributed by atoms with Gasteiger partial charge in [0, 0.05) is 19.5 Å². The number of fused-ring (bicyclic) bond motifs is 2. The number of benzene rings is 11. The molecule has 0 aliphatic carbocycles. The second-order valence-corrected chi connectivity index (χ2v) is 21.4. The third kappa shape index (κ3) is 9.72. The summed E-state index contributed by atoms with van der Waals surface area (Å²) in [4.78, 5) is 5.02. The van der Waals surface area contributed by atoms with E-state index in [1.807, 2.05) is 22.7 Å². The van der Waals surface area contributed by atoms with E-state index >= 15 is 0 Å². The molecule has 13 rings (SSSR count). The van der Waals surface area contributed by atoms with Crippen LogP contribution in [0.5, 0.6) is 0 Å². The van der Waals surface area contributed by atoms with Crippen molar-refractivity contribution in [3.05, 3.63) is 301 Å². The van der Waals surface area contributed by atoms with E-state index in [9.17, 15) is 0 Å². The molecule has 0 atom stereocenters. The Morgan fingerprint density at radius 1 is 0.184 bits per heavy atom. The Balaban J connectivity index is 1.03. The Hall–Kier alpha value is -9.18. The van der Waals surface area contributed by atoms with Crippen LogP contribution in [0.3, 0.4) is 0 Å². The molecule has 2 heterocycles. The summed E-state index contributed by atoms with van der Waals surface area (Å²) in [5, 5.41) is 4.85. The molecule has 0 N–H and O–H groups in total. The lowest BCUT2D eigenvalue weighted by atomic mass is 9.83. The molecule has 76 heavy (non-hydrogen) atoms. The number of hydrogen-bond acceptors (Lipinski definition) is 2. The summed E-state index contributed by atoms with van der Waals surface area (Å²) in [6, 6.07) is 102. The van der Waals surface area contributed by atoms with Gasteiger partial charge in [-0.25, -0.2) is 0 Å². The van der Waals surface area contributed by atoms with E-state index in [2.05, 4.69) is 303 Å². The Bertz CT molecular complexity index is 3970. The molecule has 11 aromatic carbocycles. The van der Waals surface area contributed by atoms with Gasteiger partial charge in [-0.15, -0.1) is 22.7 Å². The predicted octanol–water partition coefficient (Wildman–Crippen LogP) is 21.8. The third-order valence-corrected chi connectivity index (χ3v) is 16.7. The highest BCUT2D eigenvalue weighted by atomic mass is 32.1. The lowest BCUT2D eigenvalue weighted by molar-refractivity contribution is 1.60. The van der Waals surface area contributed by atoms with Crippen molar-refractivity contribution in [1.82, 2.24) is 0 Å². The van der Waals surface area contributed by atoms with Crippen molar-refractivity contribution in [2.45, 2.75) is 0 Å². The van der Waals surface area contributed by atoms with Gasteiger partial charge in [-0.05, 0) is 171 Å². The lowest BCUT2D eigenvalue weighted by Crippen LogP contribution is -1.93. The zero-order valence-corrected chi connectivity index (χ0v) is 43.3.